The maximum Gasteiger partial charge on any atom is 0.268 e. The Morgan fingerprint density at radius 1 is 1.33 bits per heavy atom. The number of hydrogen-bond acceptors (Lipinski definition) is 2. The summed E-state index contributed by atoms with van der Waals surface area (Å²) in [7, 11) is 0. The summed E-state index contributed by atoms with van der Waals surface area (Å²) in [4.78, 5) is 16.0. The van der Waals surface area contributed by atoms with Gasteiger partial charge in [-0.1, -0.05) is 30.0 Å². The Kier molecular flexibility index (Phi) is 3.96. The van der Waals surface area contributed by atoms with Crippen molar-refractivity contribution in [2.45, 2.75) is 13.5 Å². The monoisotopic (exact) mass is 302 g/mol. The summed E-state index contributed by atoms with van der Waals surface area (Å²) in [5.74, 6) is 6.65. The number of hydrogen-bond donors (Lipinski definition) is 0. The van der Waals surface area contributed by atoms with Crippen LogP contribution in [0.15, 0.2) is 45.8 Å². The summed E-state index contributed by atoms with van der Waals surface area (Å²) < 4.78 is 2.00. The summed E-state index contributed by atoms with van der Waals surface area (Å²) >= 11 is 3.17. The highest BCUT2D eigenvalue weighted by Crippen LogP contribution is 2.01. The fourth-order valence-corrected chi connectivity index (χ4v) is 1.80. The SMILES string of the molecule is Cc1ncc(Br)c(=O)n1CC#Cc1ccccc1. The first-order valence-electron chi connectivity index (χ1n) is 5.44. The molecule has 18 heavy (non-hydrogen) atoms. The molecule has 1 aromatic heterocycles. The van der Waals surface area contributed by atoms with E-state index < -0.39 is 0 Å². The Bertz CT molecular complexity index is 666. The lowest BCUT2D eigenvalue weighted by Crippen LogP contribution is -2.23. The van der Waals surface area contributed by atoms with Crippen molar-refractivity contribution in [3.63, 3.8) is 0 Å². The molecule has 0 saturated heterocycles. The summed E-state index contributed by atoms with van der Waals surface area (Å²) in [6.45, 7) is 2.13. The zero-order valence-corrected chi connectivity index (χ0v) is 11.4. The largest absolute Gasteiger partial charge is 0.284 e. The van der Waals surface area contributed by atoms with E-state index in [1.165, 1.54) is 6.20 Å². The van der Waals surface area contributed by atoms with E-state index >= 15 is 0 Å². The van der Waals surface area contributed by atoms with Gasteiger partial charge < -0.3 is 0 Å². The second-order valence-corrected chi connectivity index (χ2v) is 4.57. The van der Waals surface area contributed by atoms with E-state index in [4.69, 9.17) is 0 Å². The molecule has 3 nitrogen and oxygen atoms in total. The van der Waals surface area contributed by atoms with Crippen molar-refractivity contribution in [3.05, 3.63) is 62.7 Å². The van der Waals surface area contributed by atoms with Gasteiger partial charge in [0.1, 0.15) is 10.3 Å². The maximum atomic E-state index is 11.8. The fraction of sp³-hybridized carbons (Fsp3) is 0.143. The summed E-state index contributed by atoms with van der Waals surface area (Å²) in [5.41, 5.74) is 0.830. The van der Waals surface area contributed by atoms with Crippen LogP contribution in [0.5, 0.6) is 0 Å². The molecule has 4 heteroatoms. The molecule has 0 radical (unpaired) electrons. The zero-order valence-electron chi connectivity index (χ0n) is 9.85. The van der Waals surface area contributed by atoms with Gasteiger partial charge in [0.2, 0.25) is 0 Å². The highest BCUT2D eigenvalue weighted by molar-refractivity contribution is 9.10. The Morgan fingerprint density at radius 3 is 2.78 bits per heavy atom. The van der Waals surface area contributed by atoms with Crippen LogP contribution in [0.4, 0.5) is 0 Å². The Labute approximate surface area is 114 Å². The molecule has 2 rings (SSSR count). The third kappa shape index (κ3) is 2.88. The van der Waals surface area contributed by atoms with Gasteiger partial charge >= 0.3 is 0 Å². The quantitative estimate of drug-likeness (QED) is 0.758. The minimum atomic E-state index is -0.107. The van der Waals surface area contributed by atoms with Gasteiger partial charge in [-0.3, -0.25) is 9.36 Å². The summed E-state index contributed by atoms with van der Waals surface area (Å²) in [6.07, 6.45) is 1.51. The number of aryl methyl sites for hydroxylation is 1. The maximum absolute atomic E-state index is 11.8. The normalized spacial score (nSPS) is 9.67. The van der Waals surface area contributed by atoms with E-state index in [2.05, 4.69) is 32.8 Å². The van der Waals surface area contributed by atoms with E-state index in [0.29, 0.717) is 16.8 Å². The molecular formula is C14H11BrN2O. The molecule has 1 aromatic carbocycles. The van der Waals surface area contributed by atoms with Crippen LogP contribution < -0.4 is 5.56 Å². The minimum Gasteiger partial charge on any atom is -0.284 e. The molecule has 90 valence electrons. The molecule has 0 atom stereocenters. The van der Waals surface area contributed by atoms with Crippen molar-refractivity contribution >= 4 is 15.9 Å². The van der Waals surface area contributed by atoms with E-state index in [-0.39, 0.29) is 5.56 Å². The lowest BCUT2D eigenvalue weighted by molar-refractivity contribution is 0.721. The van der Waals surface area contributed by atoms with Crippen molar-refractivity contribution in [1.82, 2.24) is 9.55 Å². The van der Waals surface area contributed by atoms with Gasteiger partial charge in [-0.15, -0.1) is 0 Å². The van der Waals surface area contributed by atoms with Crippen LogP contribution in [0, 0.1) is 18.8 Å². The van der Waals surface area contributed by atoms with Gasteiger partial charge in [-0.25, -0.2) is 4.98 Å². The highest BCUT2D eigenvalue weighted by Gasteiger charge is 2.03. The molecule has 2 aromatic rings. The zero-order chi connectivity index (χ0) is 13.0. The van der Waals surface area contributed by atoms with Crippen LogP contribution in [0.1, 0.15) is 11.4 Å². The van der Waals surface area contributed by atoms with E-state index in [1.807, 2.05) is 30.3 Å². The molecule has 0 aliphatic rings. The number of rotatable bonds is 1. The highest BCUT2D eigenvalue weighted by atomic mass is 79.9. The second-order valence-electron chi connectivity index (χ2n) is 3.71. The van der Waals surface area contributed by atoms with Gasteiger partial charge in [-0.2, -0.15) is 0 Å². The second kappa shape index (κ2) is 5.65. The first-order valence-corrected chi connectivity index (χ1v) is 6.23. The molecule has 0 N–H and O–H groups in total. The van der Waals surface area contributed by atoms with Crippen LogP contribution in [0.3, 0.4) is 0 Å². The third-order valence-corrected chi connectivity index (χ3v) is 2.99. The molecular weight excluding hydrogens is 292 g/mol. The molecule has 0 saturated carbocycles. The van der Waals surface area contributed by atoms with E-state index in [1.54, 1.807) is 11.5 Å². The van der Waals surface area contributed by atoms with Crippen molar-refractivity contribution in [2.24, 2.45) is 0 Å². The molecule has 0 amide bonds. The lowest BCUT2D eigenvalue weighted by Gasteiger charge is -2.04. The number of nitrogens with zero attached hydrogens (tertiary/aromatic N) is 2. The Morgan fingerprint density at radius 2 is 2.06 bits per heavy atom. The van der Waals surface area contributed by atoms with Crippen LogP contribution in [0.2, 0.25) is 0 Å². The van der Waals surface area contributed by atoms with Crippen LogP contribution in [0.25, 0.3) is 0 Å². The molecule has 1 heterocycles. The number of halogens is 1. The lowest BCUT2D eigenvalue weighted by atomic mass is 10.2. The fourth-order valence-electron chi connectivity index (χ4n) is 1.48. The molecule has 0 spiro atoms. The van der Waals surface area contributed by atoms with Crippen molar-refractivity contribution < 1.29 is 0 Å². The Balaban J connectivity index is 2.25. The standard InChI is InChI=1S/C14H11BrN2O/c1-11-16-10-13(15)14(18)17(11)9-5-8-12-6-3-2-4-7-12/h2-4,6-7,10H,9H2,1H3. The predicted molar refractivity (Wildman–Crippen MR) is 74.3 cm³/mol. The van der Waals surface area contributed by atoms with E-state index in [9.17, 15) is 4.79 Å². The Hall–Kier alpha value is -1.86. The van der Waals surface area contributed by atoms with Crippen LogP contribution >= 0.6 is 15.9 Å². The molecule has 0 fully saturated rings. The van der Waals surface area contributed by atoms with Crippen molar-refractivity contribution in [1.29, 1.82) is 0 Å². The smallest absolute Gasteiger partial charge is 0.268 e. The van der Waals surface area contributed by atoms with Gasteiger partial charge in [0, 0.05) is 11.8 Å². The van der Waals surface area contributed by atoms with Gasteiger partial charge in [0.05, 0.1) is 6.54 Å². The van der Waals surface area contributed by atoms with Crippen LogP contribution in [-0.4, -0.2) is 9.55 Å². The number of benzene rings is 1. The average Bonchev–Trinajstić information content (AvgIpc) is 2.39. The first kappa shape index (κ1) is 12.6. The van der Waals surface area contributed by atoms with Gasteiger partial charge in [-0.05, 0) is 35.0 Å². The first-order chi connectivity index (χ1) is 8.68. The molecule has 0 unspecified atom stereocenters. The van der Waals surface area contributed by atoms with Crippen LogP contribution in [-0.2, 0) is 6.54 Å². The number of aromatic nitrogens is 2. The minimum absolute atomic E-state index is 0.107. The predicted octanol–water partition coefficient (Wildman–Crippen LogP) is 2.37. The molecule has 0 aliphatic carbocycles. The third-order valence-electron chi connectivity index (χ3n) is 2.45. The molecule has 0 aliphatic heterocycles. The van der Waals surface area contributed by atoms with Gasteiger partial charge in [0.25, 0.3) is 5.56 Å². The summed E-state index contributed by atoms with van der Waals surface area (Å²) in [5, 5.41) is 0. The van der Waals surface area contributed by atoms with Crippen molar-refractivity contribution in [2.75, 3.05) is 0 Å². The molecule has 0 bridgehead atoms. The van der Waals surface area contributed by atoms with Gasteiger partial charge in [0.15, 0.2) is 0 Å². The van der Waals surface area contributed by atoms with E-state index in [0.717, 1.165) is 5.56 Å². The average molecular weight is 303 g/mol. The topological polar surface area (TPSA) is 34.9 Å². The summed E-state index contributed by atoms with van der Waals surface area (Å²) in [6, 6.07) is 9.67. The van der Waals surface area contributed by atoms with Crippen molar-refractivity contribution in [3.8, 4) is 11.8 Å².